The lowest BCUT2D eigenvalue weighted by atomic mass is 9.93. The summed E-state index contributed by atoms with van der Waals surface area (Å²) in [6.45, 7) is 6.20. The molecule has 0 radical (unpaired) electrons. The van der Waals surface area contributed by atoms with Gasteiger partial charge in [-0.2, -0.15) is 0 Å². The summed E-state index contributed by atoms with van der Waals surface area (Å²) in [7, 11) is 0. The van der Waals surface area contributed by atoms with Crippen LogP contribution in [0.3, 0.4) is 0 Å². The molecule has 6 rings (SSSR count). The highest BCUT2D eigenvalue weighted by Crippen LogP contribution is 2.40. The molecule has 1 aliphatic heterocycles. The summed E-state index contributed by atoms with van der Waals surface area (Å²) in [5, 5.41) is 6.29. The fourth-order valence-electron chi connectivity index (χ4n) is 5.96. The number of allylic oxidation sites excluding steroid dienone is 1. The van der Waals surface area contributed by atoms with Crippen LogP contribution in [0, 0.1) is 6.92 Å². The largest absolute Gasteiger partial charge is 0.483 e. The van der Waals surface area contributed by atoms with Crippen LogP contribution in [-0.4, -0.2) is 28.1 Å². The van der Waals surface area contributed by atoms with E-state index in [1.165, 1.54) is 25.3 Å². The Morgan fingerprint density at radius 3 is 2.62 bits per heavy atom. The molecule has 1 atom stereocenters. The van der Waals surface area contributed by atoms with Crippen molar-refractivity contribution < 1.29 is 19.2 Å². The van der Waals surface area contributed by atoms with Gasteiger partial charge in [0.1, 0.15) is 17.6 Å². The van der Waals surface area contributed by atoms with E-state index in [1.54, 1.807) is 0 Å². The van der Waals surface area contributed by atoms with Crippen LogP contribution in [0.25, 0.3) is 21.8 Å². The molecule has 1 aliphatic carbocycles. The topological polar surface area (TPSA) is 69.9 Å². The molecule has 2 heterocycles. The summed E-state index contributed by atoms with van der Waals surface area (Å²) < 4.78 is 8.71. The van der Waals surface area contributed by atoms with E-state index in [-0.39, 0.29) is 11.9 Å². The Kier molecular flexibility index (Phi) is 6.55. The van der Waals surface area contributed by atoms with Gasteiger partial charge in [0.2, 0.25) is 0 Å². The second-order valence-electron chi connectivity index (χ2n) is 10.5. The van der Waals surface area contributed by atoms with Crippen LogP contribution in [0.5, 0.6) is 5.75 Å². The van der Waals surface area contributed by atoms with E-state index in [1.807, 2.05) is 49.4 Å². The quantitative estimate of drug-likeness (QED) is 0.116. The van der Waals surface area contributed by atoms with Gasteiger partial charge in [0.15, 0.2) is 5.78 Å². The van der Waals surface area contributed by atoms with Crippen molar-refractivity contribution in [3.63, 3.8) is 0 Å². The number of carbonyl (C=O) groups is 2. The molecule has 0 bridgehead atoms. The van der Waals surface area contributed by atoms with Gasteiger partial charge in [0.05, 0.1) is 5.52 Å². The zero-order valence-corrected chi connectivity index (χ0v) is 22.6. The minimum Gasteiger partial charge on any atom is -0.483 e. The smallest absolute Gasteiger partial charge is 0.331 e. The summed E-state index contributed by atoms with van der Waals surface area (Å²) >= 11 is 0. The highest BCUT2D eigenvalue weighted by Gasteiger charge is 2.33. The van der Waals surface area contributed by atoms with Gasteiger partial charge >= 0.3 is 5.97 Å². The van der Waals surface area contributed by atoms with E-state index >= 15 is 0 Å². The highest BCUT2D eigenvalue weighted by atomic mass is 16.7. The first-order valence-electron chi connectivity index (χ1n) is 13.7. The van der Waals surface area contributed by atoms with E-state index in [4.69, 9.17) is 9.57 Å². The van der Waals surface area contributed by atoms with Crippen molar-refractivity contribution >= 4 is 39.3 Å². The zero-order chi connectivity index (χ0) is 27.1. The number of carbonyl (C=O) groups excluding carboxylic acids is 2. The molecule has 6 heteroatoms. The van der Waals surface area contributed by atoms with E-state index in [0.717, 1.165) is 64.5 Å². The summed E-state index contributed by atoms with van der Waals surface area (Å²) in [4.78, 5) is 30.2. The zero-order valence-electron chi connectivity index (χ0n) is 22.6. The number of ketones is 1. The number of hydrogen-bond acceptors (Lipinski definition) is 5. The number of rotatable bonds is 6. The molecule has 0 fully saturated rings. The maximum atomic E-state index is 13.4. The lowest BCUT2D eigenvalue weighted by Crippen LogP contribution is -2.23. The lowest BCUT2D eigenvalue weighted by Gasteiger charge is -2.17. The maximum Gasteiger partial charge on any atom is 0.331 e. The monoisotopic (exact) mass is 520 g/mol. The summed E-state index contributed by atoms with van der Waals surface area (Å²) in [6, 6.07) is 17.8. The van der Waals surface area contributed by atoms with Crippen molar-refractivity contribution in [2.75, 3.05) is 0 Å². The molecule has 1 aromatic heterocycles. The van der Waals surface area contributed by atoms with Crippen LogP contribution in [0.2, 0.25) is 0 Å². The average molecular weight is 521 g/mol. The third kappa shape index (κ3) is 4.54. The van der Waals surface area contributed by atoms with Gasteiger partial charge in [-0.1, -0.05) is 41.1 Å². The fourth-order valence-corrected chi connectivity index (χ4v) is 5.96. The summed E-state index contributed by atoms with van der Waals surface area (Å²) in [6.07, 6.45) is 7.27. The Labute approximate surface area is 227 Å². The van der Waals surface area contributed by atoms with E-state index < -0.39 is 5.97 Å². The second kappa shape index (κ2) is 10.2. The first kappa shape index (κ1) is 25.1. The number of aryl methyl sites for hydroxylation is 2. The van der Waals surface area contributed by atoms with Crippen molar-refractivity contribution in [2.24, 2.45) is 5.16 Å². The van der Waals surface area contributed by atoms with Gasteiger partial charge in [-0.05, 0) is 69.4 Å². The molecule has 0 N–H and O–H groups in total. The van der Waals surface area contributed by atoms with Crippen molar-refractivity contribution in [1.29, 1.82) is 0 Å². The number of hydrogen-bond donors (Lipinski definition) is 0. The molecular formula is C33H32N2O4. The molecule has 0 amide bonds. The summed E-state index contributed by atoms with van der Waals surface area (Å²) in [5.74, 6) is 0.285. The molecule has 0 spiro atoms. The van der Waals surface area contributed by atoms with Crippen LogP contribution in [-0.2, 0) is 16.2 Å². The highest BCUT2D eigenvalue weighted by molar-refractivity contribution is 6.18. The molecule has 0 saturated carbocycles. The first-order chi connectivity index (χ1) is 18.9. The molecule has 3 aromatic carbocycles. The van der Waals surface area contributed by atoms with Crippen LogP contribution >= 0.6 is 0 Å². The molecular weight excluding hydrogens is 488 g/mol. The molecule has 0 saturated heterocycles. The van der Waals surface area contributed by atoms with E-state index in [2.05, 4.69) is 34.9 Å². The number of benzene rings is 3. The van der Waals surface area contributed by atoms with Crippen molar-refractivity contribution in [2.45, 2.75) is 65.5 Å². The third-order valence-electron chi connectivity index (χ3n) is 7.89. The molecule has 39 heavy (non-hydrogen) atoms. The number of fused-ring (bicyclic) bond motifs is 4. The molecule has 6 nitrogen and oxygen atoms in total. The third-order valence-corrected chi connectivity index (χ3v) is 7.89. The Balaban J connectivity index is 1.48. The number of aromatic nitrogens is 1. The van der Waals surface area contributed by atoms with Gasteiger partial charge in [-0.25, -0.2) is 4.79 Å². The van der Waals surface area contributed by atoms with Crippen LogP contribution in [0.4, 0.5) is 0 Å². The lowest BCUT2D eigenvalue weighted by molar-refractivity contribution is -0.140. The maximum absolute atomic E-state index is 13.4. The van der Waals surface area contributed by atoms with Gasteiger partial charge in [-0.3, -0.25) is 4.79 Å². The minimum atomic E-state index is -0.463. The van der Waals surface area contributed by atoms with Crippen LogP contribution < -0.4 is 4.74 Å². The van der Waals surface area contributed by atoms with Crippen LogP contribution in [0.1, 0.15) is 73.0 Å². The Bertz CT molecular complexity index is 1690. The first-order valence-corrected chi connectivity index (χ1v) is 13.7. The van der Waals surface area contributed by atoms with Gasteiger partial charge in [-0.15, -0.1) is 0 Å². The Morgan fingerprint density at radius 2 is 1.87 bits per heavy atom. The normalized spacial score (nSPS) is 17.8. The molecule has 198 valence electrons. The Hall–Kier alpha value is -4.19. The predicted octanol–water partition coefficient (Wildman–Crippen LogP) is 7.27. The van der Waals surface area contributed by atoms with Gasteiger partial charge in [0.25, 0.3) is 0 Å². The van der Waals surface area contributed by atoms with Crippen molar-refractivity contribution in [3.8, 4) is 5.75 Å². The van der Waals surface area contributed by atoms with Gasteiger partial charge in [0, 0.05) is 58.9 Å². The SMILES string of the molecule is CCn1c2ccc(C(=O)c3ccccc3C)cc2c2cc3c(cc21)OC(CC1=CCCCC1)/C3=N\OC(C)=O. The summed E-state index contributed by atoms with van der Waals surface area (Å²) in [5.41, 5.74) is 7.24. The van der Waals surface area contributed by atoms with Crippen molar-refractivity contribution in [3.05, 3.63) is 88.5 Å². The predicted molar refractivity (Wildman–Crippen MR) is 154 cm³/mol. The number of nitrogens with zero attached hydrogens (tertiary/aromatic N) is 2. The standard InChI is InChI=1S/C33H32N2O4/c1-4-35-28-15-14-23(33(37)24-13-9-8-10-20(24)2)17-25(28)26-18-27-30(19-29(26)35)38-31(32(27)34-39-21(3)36)16-22-11-6-5-7-12-22/h8-11,13-15,17-19,31H,4-7,12,16H2,1-3H3/b34-32-. The average Bonchev–Trinajstić information content (AvgIpc) is 3.43. The van der Waals surface area contributed by atoms with Gasteiger partial charge < -0.3 is 14.1 Å². The molecule has 4 aromatic rings. The van der Waals surface area contributed by atoms with Crippen molar-refractivity contribution in [1.82, 2.24) is 4.57 Å². The minimum absolute atomic E-state index is 0.00909. The second-order valence-corrected chi connectivity index (χ2v) is 10.5. The number of ether oxygens (including phenoxy) is 1. The number of oxime groups is 1. The molecule has 2 aliphatic rings. The van der Waals surface area contributed by atoms with Crippen LogP contribution in [0.15, 0.2) is 71.4 Å². The fraction of sp³-hybridized carbons (Fsp3) is 0.303. The Morgan fingerprint density at radius 1 is 1.05 bits per heavy atom. The van der Waals surface area contributed by atoms with E-state index in [9.17, 15) is 9.59 Å². The molecule has 1 unspecified atom stereocenters. The van der Waals surface area contributed by atoms with E-state index in [0.29, 0.717) is 16.8 Å².